The van der Waals surface area contributed by atoms with Crippen LogP contribution in [0.3, 0.4) is 0 Å². The number of carbonyl (C=O) groups is 1. The van der Waals surface area contributed by atoms with Gasteiger partial charge in [0, 0.05) is 6.20 Å². The smallest absolute Gasteiger partial charge is 0.262 e. The average molecular weight is 248 g/mol. The summed E-state index contributed by atoms with van der Waals surface area (Å²) >= 11 is 0. The zero-order valence-electron chi connectivity index (χ0n) is 9.58. The number of aryl methyl sites for hydroxylation is 1. The van der Waals surface area contributed by atoms with E-state index >= 15 is 0 Å². The number of rotatable bonds is 2. The number of hydrogen-bond donors (Lipinski definition) is 1. The molecule has 18 heavy (non-hydrogen) atoms. The average Bonchev–Trinajstić information content (AvgIpc) is 2.32. The third-order valence-corrected chi connectivity index (χ3v) is 2.34. The third kappa shape index (κ3) is 2.51. The van der Waals surface area contributed by atoms with Crippen molar-refractivity contribution in [1.29, 1.82) is 0 Å². The van der Waals surface area contributed by atoms with Gasteiger partial charge < -0.3 is 5.32 Å². The van der Waals surface area contributed by atoms with Gasteiger partial charge in [-0.1, -0.05) is 12.1 Å². The first-order valence-corrected chi connectivity index (χ1v) is 5.26. The molecule has 1 heterocycles. The van der Waals surface area contributed by atoms with Crippen molar-refractivity contribution >= 4 is 11.7 Å². The van der Waals surface area contributed by atoms with Crippen LogP contribution in [0.2, 0.25) is 0 Å². The predicted molar refractivity (Wildman–Crippen MR) is 63.3 cm³/mol. The number of nitrogens with one attached hydrogen (secondary N) is 1. The van der Waals surface area contributed by atoms with Crippen LogP contribution in [0.25, 0.3) is 0 Å². The van der Waals surface area contributed by atoms with Gasteiger partial charge in [-0.05, 0) is 30.7 Å². The third-order valence-electron chi connectivity index (χ3n) is 2.34. The first-order valence-electron chi connectivity index (χ1n) is 5.26. The Balaban J connectivity index is 2.25. The van der Waals surface area contributed by atoms with Gasteiger partial charge in [0.15, 0.2) is 0 Å². The largest absolute Gasteiger partial charge is 0.306 e. The zero-order chi connectivity index (χ0) is 13.1. The fourth-order valence-electron chi connectivity index (χ4n) is 1.44. The highest BCUT2D eigenvalue weighted by atomic mass is 19.1. The predicted octanol–water partition coefficient (Wildman–Crippen LogP) is 2.92. The van der Waals surface area contributed by atoms with Gasteiger partial charge in [0.1, 0.15) is 23.0 Å². The molecule has 92 valence electrons. The minimum atomic E-state index is -0.903. The fourth-order valence-corrected chi connectivity index (χ4v) is 1.44. The van der Waals surface area contributed by atoms with E-state index in [4.69, 9.17) is 0 Å². The molecule has 5 heteroatoms. The van der Waals surface area contributed by atoms with Gasteiger partial charge in [-0.15, -0.1) is 0 Å². The lowest BCUT2D eigenvalue weighted by Crippen LogP contribution is -2.16. The van der Waals surface area contributed by atoms with E-state index in [0.717, 1.165) is 17.7 Å². The van der Waals surface area contributed by atoms with Crippen LogP contribution in [0.1, 0.15) is 15.9 Å². The molecule has 2 aromatic rings. The minimum Gasteiger partial charge on any atom is -0.306 e. The number of aromatic nitrogens is 1. The molecule has 0 saturated heterocycles. The molecular weight excluding hydrogens is 238 g/mol. The summed E-state index contributed by atoms with van der Waals surface area (Å²) in [5.41, 5.74) is 0.310. The molecule has 0 saturated carbocycles. The molecule has 2 rings (SSSR count). The molecule has 1 aromatic carbocycles. The standard InChI is InChI=1S/C13H10F2N2O/c1-8-5-6-11(16-7-8)17-13(18)12-9(14)3-2-4-10(12)15/h2-7H,1H3,(H,16,17,18). The molecule has 1 N–H and O–H groups in total. The van der Waals surface area contributed by atoms with Crippen LogP contribution in [-0.4, -0.2) is 10.9 Å². The van der Waals surface area contributed by atoms with Crippen molar-refractivity contribution in [2.24, 2.45) is 0 Å². The minimum absolute atomic E-state index is 0.244. The molecule has 3 nitrogen and oxygen atoms in total. The summed E-state index contributed by atoms with van der Waals surface area (Å²) in [6, 6.07) is 6.55. The summed E-state index contributed by atoms with van der Waals surface area (Å²) in [4.78, 5) is 15.6. The van der Waals surface area contributed by atoms with E-state index in [1.165, 1.54) is 6.07 Å². The second kappa shape index (κ2) is 4.91. The molecule has 0 aliphatic carbocycles. The Hall–Kier alpha value is -2.30. The van der Waals surface area contributed by atoms with Crippen LogP contribution >= 0.6 is 0 Å². The SMILES string of the molecule is Cc1ccc(NC(=O)c2c(F)cccc2F)nc1. The van der Waals surface area contributed by atoms with Crippen molar-refractivity contribution in [2.45, 2.75) is 6.92 Å². The number of anilines is 1. The van der Waals surface area contributed by atoms with E-state index in [-0.39, 0.29) is 5.82 Å². The lowest BCUT2D eigenvalue weighted by atomic mass is 10.2. The molecule has 0 aliphatic heterocycles. The van der Waals surface area contributed by atoms with Crippen LogP contribution in [0.15, 0.2) is 36.5 Å². The first-order chi connectivity index (χ1) is 8.58. The van der Waals surface area contributed by atoms with E-state index in [9.17, 15) is 13.6 Å². The summed E-state index contributed by atoms with van der Waals surface area (Å²) in [6.45, 7) is 1.84. The van der Waals surface area contributed by atoms with Crippen molar-refractivity contribution in [3.8, 4) is 0 Å². The van der Waals surface area contributed by atoms with E-state index in [0.29, 0.717) is 0 Å². The second-order valence-electron chi connectivity index (χ2n) is 3.77. The maximum Gasteiger partial charge on any atom is 0.262 e. The summed E-state index contributed by atoms with van der Waals surface area (Å²) < 4.78 is 26.7. The Morgan fingerprint density at radius 1 is 1.17 bits per heavy atom. The highest BCUT2D eigenvalue weighted by Crippen LogP contribution is 2.14. The summed E-state index contributed by atoms with van der Waals surface area (Å²) in [5.74, 6) is -2.42. The quantitative estimate of drug-likeness (QED) is 0.887. The maximum absolute atomic E-state index is 13.3. The fraction of sp³-hybridized carbons (Fsp3) is 0.0769. The summed E-state index contributed by atoms with van der Waals surface area (Å²) in [6.07, 6.45) is 1.55. The second-order valence-corrected chi connectivity index (χ2v) is 3.77. The maximum atomic E-state index is 13.3. The van der Waals surface area contributed by atoms with Crippen LogP contribution in [-0.2, 0) is 0 Å². The van der Waals surface area contributed by atoms with Crippen molar-refractivity contribution < 1.29 is 13.6 Å². The summed E-state index contributed by atoms with van der Waals surface area (Å²) in [7, 11) is 0. The number of carbonyl (C=O) groups excluding carboxylic acids is 1. The van der Waals surface area contributed by atoms with E-state index in [1.54, 1.807) is 18.3 Å². The van der Waals surface area contributed by atoms with Gasteiger partial charge in [0.05, 0.1) is 0 Å². The van der Waals surface area contributed by atoms with Gasteiger partial charge in [0.2, 0.25) is 0 Å². The van der Waals surface area contributed by atoms with E-state index < -0.39 is 23.1 Å². The molecule has 0 bridgehead atoms. The van der Waals surface area contributed by atoms with Crippen LogP contribution < -0.4 is 5.32 Å². The lowest BCUT2D eigenvalue weighted by Gasteiger charge is -2.06. The lowest BCUT2D eigenvalue weighted by molar-refractivity contribution is 0.101. The number of halogens is 2. The van der Waals surface area contributed by atoms with Crippen LogP contribution in [0.4, 0.5) is 14.6 Å². The Labute approximate surface area is 102 Å². The van der Waals surface area contributed by atoms with E-state index in [2.05, 4.69) is 10.3 Å². The van der Waals surface area contributed by atoms with Crippen molar-refractivity contribution in [2.75, 3.05) is 5.32 Å². The summed E-state index contributed by atoms with van der Waals surface area (Å²) in [5, 5.41) is 2.34. The van der Waals surface area contributed by atoms with E-state index in [1.807, 2.05) is 6.92 Å². The Morgan fingerprint density at radius 3 is 2.39 bits per heavy atom. The van der Waals surface area contributed by atoms with Gasteiger partial charge >= 0.3 is 0 Å². The highest BCUT2D eigenvalue weighted by molar-refractivity contribution is 6.04. The van der Waals surface area contributed by atoms with Gasteiger partial charge in [-0.25, -0.2) is 13.8 Å². The molecule has 0 unspecified atom stereocenters. The molecule has 0 spiro atoms. The zero-order valence-corrected chi connectivity index (χ0v) is 9.58. The monoisotopic (exact) mass is 248 g/mol. The highest BCUT2D eigenvalue weighted by Gasteiger charge is 2.17. The first kappa shape index (κ1) is 12.2. The number of hydrogen-bond acceptors (Lipinski definition) is 2. The molecule has 1 aromatic heterocycles. The van der Waals surface area contributed by atoms with Gasteiger partial charge in [0.25, 0.3) is 5.91 Å². The molecule has 0 aliphatic rings. The topological polar surface area (TPSA) is 42.0 Å². The molecule has 0 fully saturated rings. The Kier molecular flexibility index (Phi) is 3.32. The van der Waals surface area contributed by atoms with Crippen molar-refractivity contribution in [3.63, 3.8) is 0 Å². The van der Waals surface area contributed by atoms with Gasteiger partial charge in [-0.2, -0.15) is 0 Å². The van der Waals surface area contributed by atoms with Gasteiger partial charge in [-0.3, -0.25) is 4.79 Å². The molecule has 0 atom stereocenters. The van der Waals surface area contributed by atoms with Crippen molar-refractivity contribution in [3.05, 3.63) is 59.3 Å². The number of benzene rings is 1. The van der Waals surface area contributed by atoms with Crippen LogP contribution in [0, 0.1) is 18.6 Å². The molecular formula is C13H10F2N2O. The Bertz CT molecular complexity index is 562. The van der Waals surface area contributed by atoms with Crippen LogP contribution in [0.5, 0.6) is 0 Å². The number of pyridine rings is 1. The number of nitrogens with zero attached hydrogens (tertiary/aromatic N) is 1. The molecule has 0 radical (unpaired) electrons. The van der Waals surface area contributed by atoms with Crippen molar-refractivity contribution in [1.82, 2.24) is 4.98 Å². The number of amides is 1. The molecule has 1 amide bonds. The Morgan fingerprint density at radius 2 is 1.83 bits per heavy atom. The normalized spacial score (nSPS) is 10.2.